The number of amides is 2. The second-order valence-electron chi connectivity index (χ2n) is 8.89. The molecule has 10 heteroatoms. The highest BCUT2D eigenvalue weighted by atomic mass is 19.4. The second kappa shape index (κ2) is 6.20. The van der Waals surface area contributed by atoms with Gasteiger partial charge < -0.3 is 14.8 Å². The van der Waals surface area contributed by atoms with E-state index in [2.05, 4.69) is 5.32 Å². The van der Waals surface area contributed by atoms with Gasteiger partial charge in [-0.3, -0.25) is 14.5 Å². The number of anilines is 1. The normalized spacial score (nSPS) is 38.2. The molecule has 0 saturated carbocycles. The van der Waals surface area contributed by atoms with Gasteiger partial charge in [0.25, 0.3) is 0 Å². The summed E-state index contributed by atoms with van der Waals surface area (Å²) in [4.78, 5) is 26.5. The first-order valence-corrected chi connectivity index (χ1v) is 10.1. The van der Waals surface area contributed by atoms with Crippen molar-refractivity contribution in [1.82, 2.24) is 5.32 Å². The molecule has 6 atom stereocenters. The van der Waals surface area contributed by atoms with Gasteiger partial charge in [-0.25, -0.2) is 0 Å². The maximum Gasteiger partial charge on any atom is 0.417 e. The summed E-state index contributed by atoms with van der Waals surface area (Å²) < 4.78 is 52.8. The lowest BCUT2D eigenvalue weighted by Gasteiger charge is -2.45. The molecular weight excluding hydrogens is 415 g/mol. The first kappa shape index (κ1) is 20.3. The molecule has 2 bridgehead atoms. The fourth-order valence-corrected chi connectivity index (χ4v) is 6.15. The van der Waals surface area contributed by atoms with Crippen LogP contribution in [0.25, 0.3) is 0 Å². The van der Waals surface area contributed by atoms with E-state index in [1.807, 2.05) is 6.92 Å². The molecule has 4 aliphatic heterocycles. The van der Waals surface area contributed by atoms with Crippen molar-refractivity contribution in [2.24, 2.45) is 11.8 Å². The summed E-state index contributed by atoms with van der Waals surface area (Å²) in [6.45, 7) is 3.48. The molecule has 4 fully saturated rings. The number of nitriles is 1. The molecular formula is C21H20F3N3O4. The zero-order valence-electron chi connectivity index (χ0n) is 16.8. The van der Waals surface area contributed by atoms with Crippen LogP contribution in [0.4, 0.5) is 18.9 Å². The standard InChI is InChI=1S/C21H20F3N3O4/c1-10(28)26-14-8-19(2)15-16-18(30-6-5-20(14,16)31-19)27(17(15)29)12-4-3-11(9-25)13(7-12)21(22,23)24/h3-4,7,14-16,18H,5-6,8H2,1-2H3,(H,26,28)/t14-,15+,16-,18-,19+,20-/m0/s1. The van der Waals surface area contributed by atoms with Crippen molar-refractivity contribution in [3.05, 3.63) is 29.3 Å². The molecule has 1 spiro atoms. The quantitative estimate of drug-likeness (QED) is 0.770. The molecule has 1 aromatic carbocycles. The van der Waals surface area contributed by atoms with Gasteiger partial charge in [0.15, 0.2) is 0 Å². The van der Waals surface area contributed by atoms with Gasteiger partial charge in [0.1, 0.15) is 6.23 Å². The maximum atomic E-state index is 13.5. The predicted octanol–water partition coefficient (Wildman–Crippen LogP) is 2.34. The summed E-state index contributed by atoms with van der Waals surface area (Å²) >= 11 is 0. The number of carbonyl (C=O) groups is 2. The lowest BCUT2D eigenvalue weighted by Crippen LogP contribution is -2.61. The Bertz CT molecular complexity index is 1040. The van der Waals surface area contributed by atoms with E-state index in [0.29, 0.717) is 12.8 Å². The van der Waals surface area contributed by atoms with E-state index in [4.69, 9.17) is 14.7 Å². The lowest BCUT2D eigenvalue weighted by molar-refractivity contribution is -0.147. The van der Waals surface area contributed by atoms with E-state index in [9.17, 15) is 22.8 Å². The molecule has 4 saturated heterocycles. The molecule has 7 nitrogen and oxygen atoms in total. The highest BCUT2D eigenvalue weighted by Gasteiger charge is 2.78. The van der Waals surface area contributed by atoms with Gasteiger partial charge in [-0.15, -0.1) is 0 Å². The minimum absolute atomic E-state index is 0.0341. The van der Waals surface area contributed by atoms with Crippen LogP contribution in [0.2, 0.25) is 0 Å². The monoisotopic (exact) mass is 435 g/mol. The molecule has 4 heterocycles. The molecule has 5 rings (SSSR count). The van der Waals surface area contributed by atoms with Crippen LogP contribution in [-0.2, 0) is 25.2 Å². The van der Waals surface area contributed by atoms with E-state index in [-0.39, 0.29) is 30.2 Å². The number of hydrogen-bond donors (Lipinski definition) is 1. The Balaban J connectivity index is 1.59. The van der Waals surface area contributed by atoms with Gasteiger partial charge >= 0.3 is 6.18 Å². The number of halogens is 3. The number of benzene rings is 1. The molecule has 164 valence electrons. The molecule has 0 unspecified atom stereocenters. The van der Waals surface area contributed by atoms with Gasteiger partial charge in [0.05, 0.1) is 52.9 Å². The third-order valence-electron chi connectivity index (χ3n) is 7.13. The van der Waals surface area contributed by atoms with Gasteiger partial charge in [0.2, 0.25) is 11.8 Å². The third kappa shape index (κ3) is 2.59. The van der Waals surface area contributed by atoms with E-state index < -0.39 is 46.6 Å². The van der Waals surface area contributed by atoms with Crippen LogP contribution in [0.3, 0.4) is 0 Å². The Morgan fingerprint density at radius 2 is 2.13 bits per heavy atom. The van der Waals surface area contributed by atoms with Gasteiger partial charge in [0, 0.05) is 19.0 Å². The summed E-state index contributed by atoms with van der Waals surface area (Å²) in [5.41, 5.74) is -3.23. The lowest BCUT2D eigenvalue weighted by atomic mass is 9.64. The Kier molecular flexibility index (Phi) is 4.06. The predicted molar refractivity (Wildman–Crippen MR) is 99.4 cm³/mol. The maximum absolute atomic E-state index is 13.5. The largest absolute Gasteiger partial charge is 0.417 e. The Hall–Kier alpha value is -2.64. The third-order valence-corrected chi connectivity index (χ3v) is 7.13. The number of hydrogen-bond acceptors (Lipinski definition) is 5. The topological polar surface area (TPSA) is 91.7 Å². The number of nitrogens with zero attached hydrogens (tertiary/aromatic N) is 2. The number of nitrogens with one attached hydrogen (secondary N) is 1. The number of rotatable bonds is 2. The van der Waals surface area contributed by atoms with Crippen molar-refractivity contribution in [2.45, 2.75) is 56.3 Å². The van der Waals surface area contributed by atoms with Crippen molar-refractivity contribution in [3.63, 3.8) is 0 Å². The van der Waals surface area contributed by atoms with Gasteiger partial charge in [-0.05, 0) is 31.5 Å². The highest BCUT2D eigenvalue weighted by molar-refractivity contribution is 6.00. The summed E-state index contributed by atoms with van der Waals surface area (Å²) in [6.07, 6.45) is -4.62. The SMILES string of the molecule is CC(=O)N[C@H]1C[C@@]2(C)O[C@@]13CCO[C@H]1[C@@H]3[C@@H]2C(=O)N1c1ccc(C#N)c(C(F)(F)F)c1. The first-order chi connectivity index (χ1) is 14.5. The Morgan fingerprint density at radius 1 is 1.39 bits per heavy atom. The fraction of sp³-hybridized carbons (Fsp3) is 0.571. The van der Waals surface area contributed by atoms with Crippen LogP contribution < -0.4 is 10.2 Å². The van der Waals surface area contributed by atoms with Crippen LogP contribution in [0, 0.1) is 23.2 Å². The minimum atomic E-state index is -4.74. The number of alkyl halides is 3. The van der Waals surface area contributed by atoms with Crippen LogP contribution >= 0.6 is 0 Å². The first-order valence-electron chi connectivity index (χ1n) is 10.1. The van der Waals surface area contributed by atoms with Crippen molar-refractivity contribution in [2.75, 3.05) is 11.5 Å². The zero-order chi connectivity index (χ0) is 22.3. The van der Waals surface area contributed by atoms with Gasteiger partial charge in [-0.2, -0.15) is 18.4 Å². The summed E-state index contributed by atoms with van der Waals surface area (Å²) in [7, 11) is 0. The average Bonchev–Trinajstić information content (AvgIpc) is 3.24. The van der Waals surface area contributed by atoms with Crippen LogP contribution in [0.5, 0.6) is 0 Å². The smallest absolute Gasteiger partial charge is 0.365 e. The molecule has 2 amide bonds. The van der Waals surface area contributed by atoms with Crippen molar-refractivity contribution < 1.29 is 32.2 Å². The fourth-order valence-electron chi connectivity index (χ4n) is 6.15. The summed E-state index contributed by atoms with van der Waals surface area (Å²) in [5.74, 6) is -1.58. The molecule has 0 aromatic heterocycles. The molecule has 31 heavy (non-hydrogen) atoms. The van der Waals surface area contributed by atoms with Crippen molar-refractivity contribution in [3.8, 4) is 6.07 Å². The molecule has 0 radical (unpaired) electrons. The molecule has 0 aliphatic carbocycles. The molecule has 1 N–H and O–H groups in total. The zero-order valence-corrected chi connectivity index (χ0v) is 16.8. The van der Waals surface area contributed by atoms with Crippen molar-refractivity contribution in [1.29, 1.82) is 5.26 Å². The van der Waals surface area contributed by atoms with Crippen LogP contribution in [0.15, 0.2) is 18.2 Å². The summed E-state index contributed by atoms with van der Waals surface area (Å²) in [5, 5.41) is 12.0. The van der Waals surface area contributed by atoms with E-state index in [1.165, 1.54) is 17.9 Å². The Morgan fingerprint density at radius 3 is 2.77 bits per heavy atom. The number of ether oxygens (including phenoxy) is 2. The summed E-state index contributed by atoms with van der Waals surface area (Å²) in [6, 6.07) is 4.50. The van der Waals surface area contributed by atoms with Gasteiger partial charge in [-0.1, -0.05) is 0 Å². The average molecular weight is 435 g/mol. The van der Waals surface area contributed by atoms with E-state index in [0.717, 1.165) is 12.1 Å². The van der Waals surface area contributed by atoms with Crippen molar-refractivity contribution >= 4 is 17.5 Å². The Labute approximate surface area is 176 Å². The molecule has 1 aromatic rings. The molecule has 4 aliphatic rings. The second-order valence-corrected chi connectivity index (χ2v) is 8.89. The van der Waals surface area contributed by atoms with E-state index >= 15 is 0 Å². The number of carbonyl (C=O) groups excluding carboxylic acids is 2. The van der Waals surface area contributed by atoms with Crippen LogP contribution in [0.1, 0.15) is 37.8 Å². The van der Waals surface area contributed by atoms with E-state index in [1.54, 1.807) is 6.07 Å². The van der Waals surface area contributed by atoms with Crippen LogP contribution in [-0.4, -0.2) is 41.9 Å². The highest BCUT2D eigenvalue weighted by Crippen LogP contribution is 2.65. The minimum Gasteiger partial charge on any atom is -0.365 e. The number of fused-ring (bicyclic) bond motifs is 2.